The largest absolute Gasteiger partial charge is 0.324 e. The predicted octanol–water partition coefficient (Wildman–Crippen LogP) is 3.93. The highest BCUT2D eigenvalue weighted by Gasteiger charge is 2.11. The topological polar surface area (TPSA) is 34.1 Å². The van der Waals surface area contributed by atoms with Gasteiger partial charge in [-0.05, 0) is 37.8 Å². The van der Waals surface area contributed by atoms with Crippen LogP contribution in [0.15, 0.2) is 24.3 Å². The van der Waals surface area contributed by atoms with Crippen molar-refractivity contribution < 1.29 is 9.13 Å². The molecule has 0 radical (unpaired) electrons. The van der Waals surface area contributed by atoms with Crippen LogP contribution in [0.1, 0.15) is 11.1 Å². The van der Waals surface area contributed by atoms with Crippen LogP contribution in [-0.2, 0) is 21.5 Å². The molecule has 0 fully saturated rings. The molecule has 0 spiro atoms. The van der Waals surface area contributed by atoms with Gasteiger partial charge in [-0.15, -0.1) is 0 Å². The SMILES string of the molecule is CP(C)(=O)Cc1cccc(CP(C)(C)=O)c1. The lowest BCUT2D eigenvalue weighted by Gasteiger charge is -2.10. The molecule has 1 aromatic rings. The zero-order valence-electron chi connectivity index (χ0n) is 10.4. The normalized spacial score (nSPS) is 12.8. The summed E-state index contributed by atoms with van der Waals surface area (Å²) in [6.45, 7) is 7.18. The first kappa shape index (κ1) is 13.7. The molecule has 4 heteroatoms. The molecule has 0 aromatic heterocycles. The fourth-order valence-corrected chi connectivity index (χ4v) is 3.86. The van der Waals surface area contributed by atoms with Crippen LogP contribution in [-0.4, -0.2) is 26.7 Å². The van der Waals surface area contributed by atoms with E-state index in [0.717, 1.165) is 11.1 Å². The molecular weight excluding hydrogens is 238 g/mol. The van der Waals surface area contributed by atoms with E-state index in [1.54, 1.807) is 26.7 Å². The summed E-state index contributed by atoms with van der Waals surface area (Å²) in [5.74, 6) is 0. The molecule has 16 heavy (non-hydrogen) atoms. The van der Waals surface area contributed by atoms with Crippen LogP contribution < -0.4 is 0 Å². The Morgan fingerprint density at radius 1 is 0.875 bits per heavy atom. The Balaban J connectivity index is 2.88. The van der Waals surface area contributed by atoms with Crippen molar-refractivity contribution >= 4 is 14.3 Å². The maximum Gasteiger partial charge on any atom is 0.0861 e. The third-order valence-corrected chi connectivity index (χ3v) is 4.37. The summed E-state index contributed by atoms with van der Waals surface area (Å²) in [4.78, 5) is 0. The van der Waals surface area contributed by atoms with Crippen molar-refractivity contribution in [3.63, 3.8) is 0 Å². The Morgan fingerprint density at radius 2 is 1.25 bits per heavy atom. The Morgan fingerprint density at radius 3 is 1.56 bits per heavy atom. The third kappa shape index (κ3) is 5.68. The summed E-state index contributed by atoms with van der Waals surface area (Å²) in [6.07, 6.45) is 1.25. The molecule has 0 unspecified atom stereocenters. The fourth-order valence-electron chi connectivity index (χ4n) is 1.71. The van der Waals surface area contributed by atoms with Crippen LogP contribution in [0, 0.1) is 0 Å². The van der Waals surface area contributed by atoms with Gasteiger partial charge >= 0.3 is 0 Å². The minimum Gasteiger partial charge on any atom is -0.324 e. The maximum atomic E-state index is 11.7. The second-order valence-electron chi connectivity index (χ2n) is 5.28. The van der Waals surface area contributed by atoms with Crippen LogP contribution in [0.3, 0.4) is 0 Å². The van der Waals surface area contributed by atoms with Crippen molar-refractivity contribution in [3.05, 3.63) is 35.4 Å². The van der Waals surface area contributed by atoms with E-state index in [2.05, 4.69) is 0 Å². The highest BCUT2D eigenvalue weighted by atomic mass is 31.2. The molecule has 0 N–H and O–H groups in total. The smallest absolute Gasteiger partial charge is 0.0861 e. The molecule has 2 nitrogen and oxygen atoms in total. The van der Waals surface area contributed by atoms with E-state index in [1.807, 2.05) is 24.3 Å². The van der Waals surface area contributed by atoms with Crippen LogP contribution in [0.4, 0.5) is 0 Å². The zero-order chi connectivity index (χ0) is 12.4. The Hall–Kier alpha value is -0.320. The summed E-state index contributed by atoms with van der Waals surface area (Å²) in [5.41, 5.74) is 2.17. The Bertz CT molecular complexity index is 415. The van der Waals surface area contributed by atoms with Gasteiger partial charge < -0.3 is 9.13 Å². The van der Waals surface area contributed by atoms with E-state index in [4.69, 9.17) is 0 Å². The zero-order valence-corrected chi connectivity index (χ0v) is 12.2. The molecule has 0 aliphatic carbocycles. The first-order valence-corrected chi connectivity index (χ1v) is 10.9. The van der Waals surface area contributed by atoms with E-state index in [-0.39, 0.29) is 0 Å². The van der Waals surface area contributed by atoms with Gasteiger partial charge in [-0.2, -0.15) is 0 Å². The summed E-state index contributed by atoms with van der Waals surface area (Å²) in [7, 11) is -4.06. The van der Waals surface area contributed by atoms with Gasteiger partial charge in [0.2, 0.25) is 0 Å². The van der Waals surface area contributed by atoms with Crippen molar-refractivity contribution in [2.45, 2.75) is 12.3 Å². The van der Waals surface area contributed by atoms with E-state index >= 15 is 0 Å². The first-order valence-electron chi connectivity index (χ1n) is 5.31. The van der Waals surface area contributed by atoms with Gasteiger partial charge in [0.1, 0.15) is 0 Å². The molecule has 0 aliphatic heterocycles. The summed E-state index contributed by atoms with van der Waals surface area (Å²) in [5, 5.41) is 0. The number of hydrogen-bond donors (Lipinski definition) is 0. The van der Waals surface area contributed by atoms with E-state index in [9.17, 15) is 9.13 Å². The molecule has 0 atom stereocenters. The lowest BCUT2D eigenvalue weighted by Crippen LogP contribution is -1.90. The van der Waals surface area contributed by atoms with E-state index in [0.29, 0.717) is 12.3 Å². The minimum absolute atomic E-state index is 0.624. The number of hydrogen-bond acceptors (Lipinski definition) is 2. The molecule has 0 aliphatic rings. The van der Waals surface area contributed by atoms with Crippen molar-refractivity contribution in [3.8, 4) is 0 Å². The van der Waals surface area contributed by atoms with Gasteiger partial charge in [0.15, 0.2) is 0 Å². The number of benzene rings is 1. The van der Waals surface area contributed by atoms with Crippen LogP contribution in [0.25, 0.3) is 0 Å². The second kappa shape index (κ2) is 4.90. The highest BCUT2D eigenvalue weighted by molar-refractivity contribution is 7.61. The first-order chi connectivity index (χ1) is 7.16. The molecule has 1 rings (SSSR count). The van der Waals surface area contributed by atoms with Crippen molar-refractivity contribution in [1.82, 2.24) is 0 Å². The summed E-state index contributed by atoms with van der Waals surface area (Å²) >= 11 is 0. The van der Waals surface area contributed by atoms with Crippen LogP contribution in [0.2, 0.25) is 0 Å². The Labute approximate surface area is 98.2 Å². The minimum atomic E-state index is -2.03. The van der Waals surface area contributed by atoms with E-state index in [1.165, 1.54) is 0 Å². The van der Waals surface area contributed by atoms with Gasteiger partial charge in [0.25, 0.3) is 0 Å². The molecular formula is C12H20O2P2. The lowest BCUT2D eigenvalue weighted by atomic mass is 10.2. The quantitative estimate of drug-likeness (QED) is 0.767. The third-order valence-electron chi connectivity index (χ3n) is 2.12. The average molecular weight is 258 g/mol. The summed E-state index contributed by atoms with van der Waals surface area (Å²) in [6, 6.07) is 7.95. The molecule has 0 heterocycles. The Kier molecular flexibility index (Phi) is 4.21. The van der Waals surface area contributed by atoms with Crippen LogP contribution >= 0.6 is 14.3 Å². The fraction of sp³-hybridized carbons (Fsp3) is 0.500. The molecule has 90 valence electrons. The average Bonchev–Trinajstić information content (AvgIpc) is 1.96. The predicted molar refractivity (Wildman–Crippen MR) is 72.8 cm³/mol. The molecule has 0 saturated heterocycles. The lowest BCUT2D eigenvalue weighted by molar-refractivity contribution is 0.581. The molecule has 0 amide bonds. The number of rotatable bonds is 4. The standard InChI is InChI=1S/C12H20O2P2/c1-15(2,13)9-11-6-5-7-12(8-11)10-16(3,4)14/h5-8H,9-10H2,1-4H3. The van der Waals surface area contributed by atoms with Crippen molar-refractivity contribution in [2.24, 2.45) is 0 Å². The van der Waals surface area contributed by atoms with Gasteiger partial charge in [0.05, 0.1) is 14.3 Å². The highest BCUT2D eigenvalue weighted by Crippen LogP contribution is 2.42. The molecule has 0 saturated carbocycles. The van der Waals surface area contributed by atoms with Gasteiger partial charge in [-0.1, -0.05) is 24.3 Å². The van der Waals surface area contributed by atoms with Crippen LogP contribution in [0.5, 0.6) is 0 Å². The van der Waals surface area contributed by atoms with Crippen molar-refractivity contribution in [1.29, 1.82) is 0 Å². The molecule has 0 bridgehead atoms. The van der Waals surface area contributed by atoms with Gasteiger partial charge in [0, 0.05) is 12.3 Å². The molecule has 1 aromatic carbocycles. The second-order valence-corrected chi connectivity index (χ2v) is 12.2. The summed E-state index contributed by atoms with van der Waals surface area (Å²) < 4.78 is 23.5. The van der Waals surface area contributed by atoms with Crippen molar-refractivity contribution in [2.75, 3.05) is 26.7 Å². The van der Waals surface area contributed by atoms with Gasteiger partial charge in [-0.3, -0.25) is 0 Å². The maximum absolute atomic E-state index is 11.7. The monoisotopic (exact) mass is 258 g/mol. The van der Waals surface area contributed by atoms with E-state index < -0.39 is 14.3 Å². The van der Waals surface area contributed by atoms with Gasteiger partial charge in [-0.25, -0.2) is 0 Å².